The number of rotatable bonds is 6. The second-order valence-corrected chi connectivity index (χ2v) is 8.96. The van der Waals surface area contributed by atoms with Gasteiger partial charge in [0.1, 0.15) is 11.2 Å². The van der Waals surface area contributed by atoms with Gasteiger partial charge in [-0.25, -0.2) is 9.59 Å². The monoisotopic (exact) mass is 439 g/mol. The molecule has 0 atom stereocenters. The number of carbonyl (C=O) groups is 3. The molecule has 0 aliphatic carbocycles. The molecule has 0 saturated carbocycles. The van der Waals surface area contributed by atoms with E-state index in [1.807, 2.05) is 6.07 Å². The van der Waals surface area contributed by atoms with Gasteiger partial charge in [0, 0.05) is 5.56 Å². The van der Waals surface area contributed by atoms with E-state index < -0.39 is 23.1 Å². The first-order chi connectivity index (χ1) is 14.8. The molecule has 7 nitrogen and oxygen atoms in total. The number of ether oxygens (including phenoxy) is 3. The summed E-state index contributed by atoms with van der Waals surface area (Å²) in [7, 11) is 0. The normalized spacial score (nSPS) is 12.0. The van der Waals surface area contributed by atoms with Crippen LogP contribution in [-0.4, -0.2) is 29.0 Å². The van der Waals surface area contributed by atoms with Gasteiger partial charge in [-0.15, -0.1) is 0 Å². The Bertz CT molecular complexity index is 997. The first kappa shape index (κ1) is 24.7. The van der Waals surface area contributed by atoms with Crippen LogP contribution < -0.4 is 10.1 Å². The molecule has 170 valence electrons. The van der Waals surface area contributed by atoms with Crippen LogP contribution in [0, 0.1) is 0 Å². The standard InChI is InChI=1S/C25H29NO6/c1-24(2,3)31-21(27)16-20(23(29)32-25(4,5)6)30-19-15-11-10-14-18(19)26-22(28)17-12-8-7-9-13-17/h7-16H,1-6H3,(H,26,28)/b20-16-. The minimum Gasteiger partial charge on any atom is -0.457 e. The summed E-state index contributed by atoms with van der Waals surface area (Å²) in [5, 5.41) is 2.75. The van der Waals surface area contributed by atoms with Crippen molar-refractivity contribution in [2.24, 2.45) is 0 Å². The van der Waals surface area contributed by atoms with Crippen molar-refractivity contribution >= 4 is 23.5 Å². The molecule has 0 aliphatic rings. The van der Waals surface area contributed by atoms with Gasteiger partial charge in [0.25, 0.3) is 5.91 Å². The lowest BCUT2D eigenvalue weighted by Crippen LogP contribution is -2.28. The number of para-hydroxylation sites is 2. The smallest absolute Gasteiger partial charge is 0.375 e. The maximum absolute atomic E-state index is 12.7. The molecule has 1 N–H and O–H groups in total. The highest BCUT2D eigenvalue weighted by Crippen LogP contribution is 2.27. The van der Waals surface area contributed by atoms with Gasteiger partial charge in [0.05, 0.1) is 11.8 Å². The van der Waals surface area contributed by atoms with Crippen LogP contribution in [0.2, 0.25) is 0 Å². The van der Waals surface area contributed by atoms with Crippen molar-refractivity contribution in [2.45, 2.75) is 52.7 Å². The molecule has 7 heteroatoms. The Morgan fingerprint density at radius 2 is 1.34 bits per heavy atom. The van der Waals surface area contributed by atoms with E-state index in [1.165, 1.54) is 0 Å². The van der Waals surface area contributed by atoms with Crippen LogP contribution in [0.25, 0.3) is 0 Å². The van der Waals surface area contributed by atoms with Crippen molar-refractivity contribution in [2.75, 3.05) is 5.32 Å². The fourth-order valence-corrected chi connectivity index (χ4v) is 2.46. The van der Waals surface area contributed by atoms with Crippen molar-refractivity contribution in [1.82, 2.24) is 0 Å². The molecule has 0 radical (unpaired) electrons. The average molecular weight is 440 g/mol. The van der Waals surface area contributed by atoms with Crippen LogP contribution in [0.5, 0.6) is 5.75 Å². The van der Waals surface area contributed by atoms with Gasteiger partial charge in [-0.05, 0) is 65.8 Å². The van der Waals surface area contributed by atoms with Crippen molar-refractivity contribution in [3.63, 3.8) is 0 Å². The molecule has 2 aromatic rings. The van der Waals surface area contributed by atoms with Gasteiger partial charge in [-0.1, -0.05) is 30.3 Å². The quantitative estimate of drug-likeness (QED) is 0.392. The molecule has 0 unspecified atom stereocenters. The zero-order chi connectivity index (χ0) is 23.9. The second-order valence-electron chi connectivity index (χ2n) is 8.96. The molecular formula is C25H29NO6. The fourth-order valence-electron chi connectivity index (χ4n) is 2.46. The van der Waals surface area contributed by atoms with E-state index in [2.05, 4.69) is 5.32 Å². The number of esters is 2. The Morgan fingerprint density at radius 3 is 1.94 bits per heavy atom. The number of nitrogens with one attached hydrogen (secondary N) is 1. The van der Waals surface area contributed by atoms with Crippen LogP contribution >= 0.6 is 0 Å². The SMILES string of the molecule is CC(C)(C)OC(=O)/C=C(\Oc1ccccc1NC(=O)c1ccccc1)C(=O)OC(C)(C)C. The number of hydrogen-bond acceptors (Lipinski definition) is 6. The largest absolute Gasteiger partial charge is 0.457 e. The molecule has 2 rings (SSSR count). The van der Waals surface area contributed by atoms with E-state index in [-0.39, 0.29) is 17.4 Å². The van der Waals surface area contributed by atoms with Crippen LogP contribution in [0.15, 0.2) is 66.4 Å². The Labute approximate surface area is 188 Å². The van der Waals surface area contributed by atoms with E-state index >= 15 is 0 Å². The zero-order valence-corrected chi connectivity index (χ0v) is 19.2. The highest BCUT2D eigenvalue weighted by Gasteiger charge is 2.25. The Hall–Kier alpha value is -3.61. The maximum atomic E-state index is 12.7. The third-order valence-corrected chi connectivity index (χ3v) is 3.65. The van der Waals surface area contributed by atoms with Gasteiger partial charge < -0.3 is 19.5 Å². The van der Waals surface area contributed by atoms with E-state index in [1.54, 1.807) is 90.1 Å². The van der Waals surface area contributed by atoms with Gasteiger partial charge in [0.2, 0.25) is 5.76 Å². The number of benzene rings is 2. The van der Waals surface area contributed by atoms with E-state index in [0.717, 1.165) is 6.08 Å². The highest BCUT2D eigenvalue weighted by atomic mass is 16.6. The first-order valence-corrected chi connectivity index (χ1v) is 10.2. The van der Waals surface area contributed by atoms with Crippen molar-refractivity contribution < 1.29 is 28.6 Å². The Kier molecular flexibility index (Phi) is 7.81. The minimum absolute atomic E-state index is 0.164. The first-order valence-electron chi connectivity index (χ1n) is 10.2. The summed E-state index contributed by atoms with van der Waals surface area (Å²) < 4.78 is 16.4. The summed E-state index contributed by atoms with van der Waals surface area (Å²) >= 11 is 0. The van der Waals surface area contributed by atoms with Crippen molar-refractivity contribution in [1.29, 1.82) is 0 Å². The van der Waals surface area contributed by atoms with E-state index in [4.69, 9.17) is 14.2 Å². The molecule has 0 fully saturated rings. The molecule has 2 aromatic carbocycles. The van der Waals surface area contributed by atoms with Gasteiger partial charge in [-0.3, -0.25) is 4.79 Å². The van der Waals surface area contributed by atoms with Gasteiger partial charge >= 0.3 is 11.9 Å². The lowest BCUT2D eigenvalue weighted by Gasteiger charge is -2.22. The number of anilines is 1. The Balaban J connectivity index is 2.33. The van der Waals surface area contributed by atoms with E-state index in [0.29, 0.717) is 11.3 Å². The molecule has 0 aliphatic heterocycles. The predicted octanol–water partition coefficient (Wildman–Crippen LogP) is 4.89. The topological polar surface area (TPSA) is 90.9 Å². The molecule has 0 heterocycles. The molecule has 1 amide bonds. The number of hydrogen-bond donors (Lipinski definition) is 1. The second kappa shape index (κ2) is 10.1. The number of amides is 1. The minimum atomic E-state index is -0.840. The maximum Gasteiger partial charge on any atom is 0.375 e. The third kappa shape index (κ3) is 8.26. The Morgan fingerprint density at radius 1 is 0.781 bits per heavy atom. The van der Waals surface area contributed by atoms with Crippen LogP contribution in [0.4, 0.5) is 5.69 Å². The van der Waals surface area contributed by atoms with Crippen LogP contribution in [-0.2, 0) is 19.1 Å². The molecule has 32 heavy (non-hydrogen) atoms. The van der Waals surface area contributed by atoms with Crippen molar-refractivity contribution in [3.05, 3.63) is 72.0 Å². The van der Waals surface area contributed by atoms with Crippen molar-refractivity contribution in [3.8, 4) is 5.75 Å². The summed E-state index contributed by atoms with van der Waals surface area (Å²) in [6.45, 7) is 10.2. The predicted molar refractivity (Wildman–Crippen MR) is 121 cm³/mol. The fraction of sp³-hybridized carbons (Fsp3) is 0.320. The van der Waals surface area contributed by atoms with Gasteiger partial charge in [0.15, 0.2) is 5.75 Å². The summed E-state index contributed by atoms with van der Waals surface area (Å²) in [5.41, 5.74) is -0.790. The van der Waals surface area contributed by atoms with Crippen LogP contribution in [0.1, 0.15) is 51.9 Å². The summed E-state index contributed by atoms with van der Waals surface area (Å²) in [4.78, 5) is 37.6. The molecule has 0 spiro atoms. The highest BCUT2D eigenvalue weighted by molar-refractivity contribution is 6.05. The average Bonchev–Trinajstić information content (AvgIpc) is 2.66. The summed E-state index contributed by atoms with van der Waals surface area (Å²) in [6, 6.07) is 15.2. The molecule has 0 saturated heterocycles. The lowest BCUT2D eigenvalue weighted by molar-refractivity contribution is -0.154. The summed E-state index contributed by atoms with van der Waals surface area (Å²) in [5.74, 6) is -2.15. The molecular weight excluding hydrogens is 410 g/mol. The number of carbonyl (C=O) groups excluding carboxylic acids is 3. The third-order valence-electron chi connectivity index (χ3n) is 3.65. The van der Waals surface area contributed by atoms with Crippen LogP contribution in [0.3, 0.4) is 0 Å². The summed E-state index contributed by atoms with van der Waals surface area (Å²) in [6.07, 6.45) is 0.940. The molecule has 0 aromatic heterocycles. The molecule has 0 bridgehead atoms. The lowest BCUT2D eigenvalue weighted by atomic mass is 10.2. The van der Waals surface area contributed by atoms with E-state index in [9.17, 15) is 14.4 Å². The zero-order valence-electron chi connectivity index (χ0n) is 19.2. The van der Waals surface area contributed by atoms with Gasteiger partial charge in [-0.2, -0.15) is 0 Å².